The zero-order chi connectivity index (χ0) is 14.7. The number of phenolic OH excluding ortho intramolecular Hbond substituents is 1. The monoisotopic (exact) mass is 309 g/mol. The number of halogens is 2. The van der Waals surface area contributed by atoms with Crippen molar-refractivity contribution in [2.24, 2.45) is 0 Å². The van der Waals surface area contributed by atoms with Crippen molar-refractivity contribution in [2.45, 2.75) is 13.0 Å². The van der Waals surface area contributed by atoms with Crippen LogP contribution in [0.3, 0.4) is 0 Å². The maximum atomic E-state index is 12.1. The lowest BCUT2D eigenvalue weighted by Gasteiger charge is -2.15. The Kier molecular flexibility index (Phi) is 4.53. The molecule has 0 aromatic heterocycles. The Labute approximate surface area is 127 Å². The molecule has 2 rings (SSSR count). The van der Waals surface area contributed by atoms with Crippen LogP contribution in [-0.2, 0) is 0 Å². The van der Waals surface area contributed by atoms with Gasteiger partial charge in [0.15, 0.2) is 0 Å². The highest BCUT2D eigenvalue weighted by molar-refractivity contribution is 6.31. The van der Waals surface area contributed by atoms with Crippen LogP contribution in [0.15, 0.2) is 42.5 Å². The molecule has 20 heavy (non-hydrogen) atoms. The Morgan fingerprint density at radius 2 is 1.70 bits per heavy atom. The Hall–Kier alpha value is -1.71. The summed E-state index contributed by atoms with van der Waals surface area (Å²) in [6.07, 6.45) is 0. The quantitative estimate of drug-likeness (QED) is 0.893. The standard InChI is InChI=1S/C15H13Cl2NO2/c1-9(10-2-4-11(16)5-3-10)18-15(20)13-7-6-12(17)8-14(13)19/h2-9,19H,1H3,(H,18,20). The van der Waals surface area contributed by atoms with Gasteiger partial charge in [-0.3, -0.25) is 4.79 Å². The third-order valence-electron chi connectivity index (χ3n) is 2.92. The molecule has 2 aromatic carbocycles. The van der Waals surface area contributed by atoms with Gasteiger partial charge in [0.05, 0.1) is 11.6 Å². The summed E-state index contributed by atoms with van der Waals surface area (Å²) in [4.78, 5) is 12.1. The molecule has 2 aromatic rings. The number of rotatable bonds is 3. The van der Waals surface area contributed by atoms with Crippen molar-refractivity contribution in [2.75, 3.05) is 0 Å². The predicted molar refractivity (Wildman–Crippen MR) is 80.5 cm³/mol. The van der Waals surface area contributed by atoms with Crippen LogP contribution in [0, 0.1) is 0 Å². The lowest BCUT2D eigenvalue weighted by atomic mass is 10.1. The Morgan fingerprint density at radius 3 is 2.30 bits per heavy atom. The minimum Gasteiger partial charge on any atom is -0.507 e. The number of phenols is 1. The Balaban J connectivity index is 2.13. The number of carbonyl (C=O) groups excluding carboxylic acids is 1. The summed E-state index contributed by atoms with van der Waals surface area (Å²) < 4.78 is 0. The molecule has 0 aliphatic carbocycles. The number of hydrogen-bond acceptors (Lipinski definition) is 2. The van der Waals surface area contributed by atoms with E-state index in [1.165, 1.54) is 12.1 Å². The number of carbonyl (C=O) groups is 1. The molecular formula is C15H13Cl2NO2. The normalized spacial score (nSPS) is 11.9. The maximum absolute atomic E-state index is 12.1. The molecule has 0 saturated heterocycles. The lowest BCUT2D eigenvalue weighted by molar-refractivity contribution is 0.0937. The van der Waals surface area contributed by atoms with Gasteiger partial charge in [-0.25, -0.2) is 0 Å². The number of nitrogens with one attached hydrogen (secondary N) is 1. The van der Waals surface area contributed by atoms with E-state index in [9.17, 15) is 9.90 Å². The summed E-state index contributed by atoms with van der Waals surface area (Å²) in [5.41, 5.74) is 1.12. The summed E-state index contributed by atoms with van der Waals surface area (Å²) in [6, 6.07) is 11.4. The molecule has 0 bridgehead atoms. The first-order chi connectivity index (χ1) is 9.47. The van der Waals surface area contributed by atoms with Crippen LogP contribution in [0.4, 0.5) is 0 Å². The SMILES string of the molecule is CC(NC(=O)c1ccc(Cl)cc1O)c1ccc(Cl)cc1. The van der Waals surface area contributed by atoms with Crippen molar-refractivity contribution in [3.8, 4) is 5.75 Å². The van der Waals surface area contributed by atoms with Crippen LogP contribution in [0.2, 0.25) is 10.0 Å². The van der Waals surface area contributed by atoms with Gasteiger partial charge in [-0.2, -0.15) is 0 Å². The van der Waals surface area contributed by atoms with E-state index in [2.05, 4.69) is 5.32 Å². The van der Waals surface area contributed by atoms with Crippen LogP contribution < -0.4 is 5.32 Å². The fraction of sp³-hybridized carbons (Fsp3) is 0.133. The van der Waals surface area contributed by atoms with Gasteiger partial charge in [0, 0.05) is 10.0 Å². The zero-order valence-electron chi connectivity index (χ0n) is 10.7. The predicted octanol–water partition coefficient (Wildman–Crippen LogP) is 4.19. The van der Waals surface area contributed by atoms with E-state index in [0.717, 1.165) is 5.56 Å². The topological polar surface area (TPSA) is 49.3 Å². The minimum absolute atomic E-state index is 0.140. The highest BCUT2D eigenvalue weighted by Crippen LogP contribution is 2.23. The van der Waals surface area contributed by atoms with E-state index in [4.69, 9.17) is 23.2 Å². The number of hydrogen-bond donors (Lipinski definition) is 2. The van der Waals surface area contributed by atoms with Gasteiger partial charge in [-0.15, -0.1) is 0 Å². The van der Waals surface area contributed by atoms with E-state index < -0.39 is 0 Å². The van der Waals surface area contributed by atoms with Crippen LogP contribution in [-0.4, -0.2) is 11.0 Å². The zero-order valence-corrected chi connectivity index (χ0v) is 12.2. The molecule has 0 heterocycles. The van der Waals surface area contributed by atoms with Gasteiger partial charge in [-0.05, 0) is 42.8 Å². The Bertz CT molecular complexity index is 626. The van der Waals surface area contributed by atoms with Crippen LogP contribution in [0.5, 0.6) is 5.75 Å². The molecule has 104 valence electrons. The molecule has 0 fully saturated rings. The van der Waals surface area contributed by atoms with Crippen molar-refractivity contribution in [1.29, 1.82) is 0 Å². The van der Waals surface area contributed by atoms with Gasteiger partial charge in [0.1, 0.15) is 5.75 Å². The van der Waals surface area contributed by atoms with Gasteiger partial charge < -0.3 is 10.4 Å². The average molecular weight is 310 g/mol. The van der Waals surface area contributed by atoms with E-state index >= 15 is 0 Å². The molecule has 0 aliphatic rings. The highest BCUT2D eigenvalue weighted by Gasteiger charge is 2.14. The first-order valence-electron chi connectivity index (χ1n) is 6.02. The molecule has 0 spiro atoms. The van der Waals surface area contributed by atoms with Gasteiger partial charge in [0.25, 0.3) is 5.91 Å². The number of aromatic hydroxyl groups is 1. The van der Waals surface area contributed by atoms with Crippen molar-refractivity contribution < 1.29 is 9.90 Å². The summed E-state index contributed by atoms with van der Waals surface area (Å²) in [5, 5.41) is 13.5. The summed E-state index contributed by atoms with van der Waals surface area (Å²) >= 11 is 11.6. The van der Waals surface area contributed by atoms with Gasteiger partial charge >= 0.3 is 0 Å². The molecule has 0 saturated carbocycles. The van der Waals surface area contributed by atoms with Gasteiger partial charge in [-0.1, -0.05) is 35.3 Å². The first-order valence-corrected chi connectivity index (χ1v) is 6.78. The largest absolute Gasteiger partial charge is 0.507 e. The van der Waals surface area contributed by atoms with Crippen LogP contribution in [0.1, 0.15) is 28.9 Å². The molecule has 1 atom stereocenters. The molecule has 1 unspecified atom stereocenters. The Morgan fingerprint density at radius 1 is 1.10 bits per heavy atom. The molecule has 0 aliphatic heterocycles. The molecule has 5 heteroatoms. The summed E-state index contributed by atoms with van der Waals surface area (Å²) in [6.45, 7) is 1.86. The second-order valence-electron chi connectivity index (χ2n) is 4.41. The minimum atomic E-state index is -0.360. The van der Waals surface area contributed by atoms with E-state index in [0.29, 0.717) is 10.0 Å². The average Bonchev–Trinajstić information content (AvgIpc) is 2.39. The van der Waals surface area contributed by atoms with E-state index in [-0.39, 0.29) is 23.3 Å². The second kappa shape index (κ2) is 6.16. The summed E-state index contributed by atoms with van der Waals surface area (Å²) in [5.74, 6) is -0.500. The summed E-state index contributed by atoms with van der Waals surface area (Å²) in [7, 11) is 0. The van der Waals surface area contributed by atoms with Crippen molar-refractivity contribution >= 4 is 29.1 Å². The lowest BCUT2D eigenvalue weighted by Crippen LogP contribution is -2.26. The fourth-order valence-corrected chi connectivity index (χ4v) is 2.10. The number of benzene rings is 2. The molecular weight excluding hydrogens is 297 g/mol. The maximum Gasteiger partial charge on any atom is 0.255 e. The molecule has 2 N–H and O–H groups in total. The highest BCUT2D eigenvalue weighted by atomic mass is 35.5. The first kappa shape index (κ1) is 14.7. The van der Waals surface area contributed by atoms with Crippen LogP contribution >= 0.6 is 23.2 Å². The van der Waals surface area contributed by atoms with E-state index in [1.54, 1.807) is 18.2 Å². The van der Waals surface area contributed by atoms with Gasteiger partial charge in [0.2, 0.25) is 0 Å². The molecule has 0 radical (unpaired) electrons. The fourth-order valence-electron chi connectivity index (χ4n) is 1.81. The van der Waals surface area contributed by atoms with Crippen molar-refractivity contribution in [3.63, 3.8) is 0 Å². The molecule has 3 nitrogen and oxygen atoms in total. The van der Waals surface area contributed by atoms with E-state index in [1.807, 2.05) is 19.1 Å². The third-order valence-corrected chi connectivity index (χ3v) is 3.41. The smallest absolute Gasteiger partial charge is 0.255 e. The second-order valence-corrected chi connectivity index (χ2v) is 5.28. The van der Waals surface area contributed by atoms with Crippen molar-refractivity contribution in [1.82, 2.24) is 5.32 Å². The van der Waals surface area contributed by atoms with Crippen molar-refractivity contribution in [3.05, 3.63) is 63.6 Å². The number of amides is 1. The molecule has 1 amide bonds. The van der Waals surface area contributed by atoms with Crippen LogP contribution in [0.25, 0.3) is 0 Å². The third kappa shape index (κ3) is 3.44.